The van der Waals surface area contributed by atoms with Gasteiger partial charge in [0.15, 0.2) is 0 Å². The predicted octanol–water partition coefficient (Wildman–Crippen LogP) is 4.28. The number of nitrogens with two attached hydrogens (primary N) is 1. The van der Waals surface area contributed by atoms with Gasteiger partial charge >= 0.3 is 0 Å². The Morgan fingerprint density at radius 3 is 2.43 bits per heavy atom. The van der Waals surface area contributed by atoms with E-state index in [0.29, 0.717) is 0 Å². The lowest BCUT2D eigenvalue weighted by Gasteiger charge is -2.06. The largest absolute Gasteiger partial charge is 0.508 e. The molecule has 0 aliphatic carbocycles. The van der Waals surface area contributed by atoms with Gasteiger partial charge in [-0.3, -0.25) is 0 Å². The summed E-state index contributed by atoms with van der Waals surface area (Å²) in [6.07, 6.45) is 0. The van der Waals surface area contributed by atoms with Crippen molar-refractivity contribution < 1.29 is 5.11 Å². The number of para-hydroxylation sites is 1. The number of nitrogen functional groups attached to an aromatic ring is 1. The SMILES string of the molecule is Nc1ccc(-c2ccc(O)cc2)c2c1[nH]c1ccccc12. The Hall–Kier alpha value is -2.94. The van der Waals surface area contributed by atoms with E-state index >= 15 is 0 Å². The van der Waals surface area contributed by atoms with Crippen LogP contribution < -0.4 is 5.73 Å². The van der Waals surface area contributed by atoms with Crippen LogP contribution in [0.1, 0.15) is 0 Å². The first kappa shape index (κ1) is 11.9. The predicted molar refractivity (Wildman–Crippen MR) is 87.3 cm³/mol. The highest BCUT2D eigenvalue weighted by atomic mass is 16.3. The molecule has 4 N–H and O–H groups in total. The number of aromatic nitrogens is 1. The van der Waals surface area contributed by atoms with Crippen LogP contribution in [0.25, 0.3) is 32.9 Å². The molecule has 3 heteroatoms. The first-order chi connectivity index (χ1) is 10.2. The number of rotatable bonds is 1. The molecule has 0 amide bonds. The third-order valence-electron chi connectivity index (χ3n) is 3.87. The number of phenolic OH excluding ortho intramolecular Hbond substituents is 1. The molecule has 21 heavy (non-hydrogen) atoms. The van der Waals surface area contributed by atoms with Crippen LogP contribution in [0.3, 0.4) is 0 Å². The molecule has 0 atom stereocenters. The average molecular weight is 274 g/mol. The van der Waals surface area contributed by atoms with Crippen LogP contribution in [0.2, 0.25) is 0 Å². The summed E-state index contributed by atoms with van der Waals surface area (Å²) in [5, 5.41) is 11.7. The maximum atomic E-state index is 9.47. The molecule has 0 bridgehead atoms. The Morgan fingerprint density at radius 2 is 1.62 bits per heavy atom. The van der Waals surface area contributed by atoms with E-state index in [0.717, 1.165) is 38.6 Å². The molecule has 1 aromatic heterocycles. The van der Waals surface area contributed by atoms with Crippen LogP contribution in [0.5, 0.6) is 5.75 Å². The van der Waals surface area contributed by atoms with Gasteiger partial charge in [-0.1, -0.05) is 36.4 Å². The molecule has 4 aromatic rings. The summed E-state index contributed by atoms with van der Waals surface area (Å²) in [5.41, 5.74) is 11.1. The second-order valence-corrected chi connectivity index (χ2v) is 5.17. The van der Waals surface area contributed by atoms with E-state index in [1.165, 1.54) is 0 Å². The van der Waals surface area contributed by atoms with Crippen molar-refractivity contribution in [2.75, 3.05) is 5.73 Å². The van der Waals surface area contributed by atoms with Crippen molar-refractivity contribution >= 4 is 27.5 Å². The maximum Gasteiger partial charge on any atom is 0.115 e. The number of hydrogen-bond acceptors (Lipinski definition) is 2. The molecule has 0 fully saturated rings. The number of anilines is 1. The van der Waals surface area contributed by atoms with Crippen molar-refractivity contribution in [3.8, 4) is 16.9 Å². The Balaban J connectivity index is 2.14. The summed E-state index contributed by atoms with van der Waals surface area (Å²) < 4.78 is 0. The lowest BCUT2D eigenvalue weighted by Crippen LogP contribution is -1.88. The Labute approximate surface area is 121 Å². The van der Waals surface area contributed by atoms with E-state index in [1.54, 1.807) is 12.1 Å². The second-order valence-electron chi connectivity index (χ2n) is 5.17. The summed E-state index contributed by atoms with van der Waals surface area (Å²) in [5.74, 6) is 0.268. The molecule has 1 heterocycles. The molecular formula is C18H14N2O. The highest BCUT2D eigenvalue weighted by Crippen LogP contribution is 2.37. The topological polar surface area (TPSA) is 62.0 Å². The molecule has 3 nitrogen and oxygen atoms in total. The summed E-state index contributed by atoms with van der Waals surface area (Å²) in [6.45, 7) is 0. The standard InChI is InChI=1S/C18H14N2O/c19-15-10-9-13(11-5-7-12(21)8-6-11)17-14-3-1-2-4-16(14)20-18(15)17/h1-10,20-21H,19H2. The molecule has 0 aliphatic rings. The van der Waals surface area contributed by atoms with Crippen molar-refractivity contribution in [2.24, 2.45) is 0 Å². The molecule has 0 saturated carbocycles. The van der Waals surface area contributed by atoms with E-state index in [2.05, 4.69) is 17.1 Å². The number of hydrogen-bond donors (Lipinski definition) is 3. The molecule has 0 unspecified atom stereocenters. The number of benzene rings is 3. The number of phenols is 1. The third-order valence-corrected chi connectivity index (χ3v) is 3.87. The molecule has 3 aromatic carbocycles. The first-order valence-electron chi connectivity index (χ1n) is 6.82. The second kappa shape index (κ2) is 4.28. The number of fused-ring (bicyclic) bond motifs is 3. The van der Waals surface area contributed by atoms with Crippen molar-refractivity contribution in [3.63, 3.8) is 0 Å². The highest BCUT2D eigenvalue weighted by Gasteiger charge is 2.12. The number of aromatic hydroxyl groups is 1. The molecule has 0 radical (unpaired) electrons. The number of aromatic amines is 1. The average Bonchev–Trinajstić information content (AvgIpc) is 2.90. The van der Waals surface area contributed by atoms with E-state index in [9.17, 15) is 5.11 Å². The minimum Gasteiger partial charge on any atom is -0.508 e. The van der Waals surface area contributed by atoms with Gasteiger partial charge in [-0.25, -0.2) is 0 Å². The van der Waals surface area contributed by atoms with Crippen LogP contribution in [-0.2, 0) is 0 Å². The van der Waals surface area contributed by atoms with Crippen LogP contribution in [-0.4, -0.2) is 10.1 Å². The molecule has 102 valence electrons. The highest BCUT2D eigenvalue weighted by molar-refractivity contribution is 6.17. The Morgan fingerprint density at radius 1 is 0.857 bits per heavy atom. The summed E-state index contributed by atoms with van der Waals surface area (Å²) in [4.78, 5) is 3.39. The summed E-state index contributed by atoms with van der Waals surface area (Å²) >= 11 is 0. The van der Waals surface area contributed by atoms with Gasteiger partial charge in [-0.05, 0) is 35.4 Å². The van der Waals surface area contributed by atoms with Crippen molar-refractivity contribution in [2.45, 2.75) is 0 Å². The quantitative estimate of drug-likeness (QED) is 0.454. The zero-order chi connectivity index (χ0) is 14.4. The minimum atomic E-state index is 0.268. The zero-order valence-corrected chi connectivity index (χ0v) is 11.3. The zero-order valence-electron chi connectivity index (χ0n) is 11.3. The van der Waals surface area contributed by atoms with E-state index in [4.69, 9.17) is 5.73 Å². The lowest BCUT2D eigenvalue weighted by atomic mass is 9.99. The fourth-order valence-electron chi connectivity index (χ4n) is 2.86. The lowest BCUT2D eigenvalue weighted by molar-refractivity contribution is 0.475. The van der Waals surface area contributed by atoms with Crippen LogP contribution in [0, 0.1) is 0 Å². The molecule has 0 saturated heterocycles. The van der Waals surface area contributed by atoms with Crippen LogP contribution in [0.4, 0.5) is 5.69 Å². The molecule has 0 aliphatic heterocycles. The van der Waals surface area contributed by atoms with Crippen LogP contribution in [0.15, 0.2) is 60.7 Å². The molecule has 0 spiro atoms. The number of nitrogens with one attached hydrogen (secondary N) is 1. The van der Waals surface area contributed by atoms with Crippen molar-refractivity contribution in [1.29, 1.82) is 0 Å². The molecular weight excluding hydrogens is 260 g/mol. The Kier molecular flexibility index (Phi) is 2.42. The summed E-state index contributed by atoms with van der Waals surface area (Å²) in [6, 6.07) is 19.4. The maximum absolute atomic E-state index is 9.47. The van der Waals surface area contributed by atoms with Gasteiger partial charge < -0.3 is 15.8 Å². The Bertz CT molecular complexity index is 952. The third kappa shape index (κ3) is 1.75. The van der Waals surface area contributed by atoms with E-state index < -0.39 is 0 Å². The summed E-state index contributed by atoms with van der Waals surface area (Å²) in [7, 11) is 0. The van der Waals surface area contributed by atoms with Gasteiger partial charge in [-0.15, -0.1) is 0 Å². The van der Waals surface area contributed by atoms with Gasteiger partial charge in [0.05, 0.1) is 11.2 Å². The minimum absolute atomic E-state index is 0.268. The normalized spacial score (nSPS) is 11.2. The molecule has 4 rings (SSSR count). The van der Waals surface area contributed by atoms with Gasteiger partial charge in [0.1, 0.15) is 5.75 Å². The monoisotopic (exact) mass is 274 g/mol. The van der Waals surface area contributed by atoms with Crippen molar-refractivity contribution in [1.82, 2.24) is 4.98 Å². The number of H-pyrrole nitrogens is 1. The van der Waals surface area contributed by atoms with Crippen LogP contribution >= 0.6 is 0 Å². The fourth-order valence-corrected chi connectivity index (χ4v) is 2.86. The van der Waals surface area contributed by atoms with E-state index in [-0.39, 0.29) is 5.75 Å². The fraction of sp³-hybridized carbons (Fsp3) is 0. The van der Waals surface area contributed by atoms with Gasteiger partial charge in [0.2, 0.25) is 0 Å². The van der Waals surface area contributed by atoms with Gasteiger partial charge in [0, 0.05) is 16.3 Å². The smallest absolute Gasteiger partial charge is 0.115 e. The van der Waals surface area contributed by atoms with Gasteiger partial charge in [-0.2, -0.15) is 0 Å². The van der Waals surface area contributed by atoms with Crippen molar-refractivity contribution in [3.05, 3.63) is 60.7 Å². The first-order valence-corrected chi connectivity index (χ1v) is 6.82. The van der Waals surface area contributed by atoms with E-state index in [1.807, 2.05) is 36.4 Å². The van der Waals surface area contributed by atoms with Gasteiger partial charge in [0.25, 0.3) is 0 Å².